The molecule has 0 radical (unpaired) electrons. The van der Waals surface area contributed by atoms with Crippen LogP contribution in [0.5, 0.6) is 0 Å². The average Bonchev–Trinajstić information content (AvgIpc) is 3.02. The van der Waals surface area contributed by atoms with Crippen LogP contribution in [-0.4, -0.2) is 45.8 Å². The fourth-order valence-corrected chi connectivity index (χ4v) is 10.3. The molecule has 0 spiro atoms. The molecule has 1 heterocycles. The summed E-state index contributed by atoms with van der Waals surface area (Å²) < 4.78 is 6.13. The van der Waals surface area contributed by atoms with Crippen molar-refractivity contribution in [2.24, 2.45) is 45.3 Å². The topological polar surface area (TPSA) is 69.9 Å². The lowest BCUT2D eigenvalue weighted by molar-refractivity contribution is -0.188. The lowest BCUT2D eigenvalue weighted by Crippen LogP contribution is -2.58. The Balaban J connectivity index is 1.42. The first-order valence-corrected chi connectivity index (χ1v) is 14.1. The standard InChI is InChI=1S/C30H50O4/c1-26(2)23-9-8-21-20(28(23,5)13-12-24(26)32)11-15-29(6)19(10-14-30(21,29)7)18-16-22(31)25(34-17-18)27(3,4)33/h8,18-20,22-25,31-33H,9-17H2,1-7H3/t18-,19+,20+,22-,23+,24-,25+,28-,29+,30-/m1/s1. The Morgan fingerprint density at radius 1 is 0.971 bits per heavy atom. The summed E-state index contributed by atoms with van der Waals surface area (Å²) in [4.78, 5) is 0. The van der Waals surface area contributed by atoms with E-state index in [9.17, 15) is 15.3 Å². The molecule has 4 heteroatoms. The van der Waals surface area contributed by atoms with E-state index in [1.807, 2.05) is 0 Å². The minimum atomic E-state index is -1.02. The zero-order valence-corrected chi connectivity index (χ0v) is 22.7. The van der Waals surface area contributed by atoms with Crippen LogP contribution in [0.1, 0.15) is 99.8 Å². The zero-order chi connectivity index (χ0) is 24.9. The number of aliphatic hydroxyl groups is 3. The Bertz CT molecular complexity index is 841. The van der Waals surface area contributed by atoms with Gasteiger partial charge in [-0.05, 0) is 111 Å². The first-order valence-electron chi connectivity index (χ1n) is 14.1. The molecule has 0 amide bonds. The van der Waals surface area contributed by atoms with Crippen molar-refractivity contribution in [3.8, 4) is 0 Å². The van der Waals surface area contributed by atoms with E-state index in [0.29, 0.717) is 30.3 Å². The molecule has 5 rings (SSSR count). The van der Waals surface area contributed by atoms with E-state index in [0.717, 1.165) is 25.7 Å². The Morgan fingerprint density at radius 3 is 2.32 bits per heavy atom. The number of hydrogen-bond donors (Lipinski definition) is 3. The van der Waals surface area contributed by atoms with Crippen LogP contribution < -0.4 is 0 Å². The molecular formula is C30H50O4. The molecular weight excluding hydrogens is 424 g/mol. The van der Waals surface area contributed by atoms with Gasteiger partial charge in [-0.2, -0.15) is 0 Å². The molecule has 3 N–H and O–H groups in total. The highest BCUT2D eigenvalue weighted by atomic mass is 16.5. The molecule has 3 saturated carbocycles. The van der Waals surface area contributed by atoms with Gasteiger partial charge in [0.15, 0.2) is 0 Å². The van der Waals surface area contributed by atoms with Gasteiger partial charge in [0.25, 0.3) is 0 Å². The third-order valence-corrected chi connectivity index (χ3v) is 12.5. The van der Waals surface area contributed by atoms with Gasteiger partial charge in [0.1, 0.15) is 6.10 Å². The summed E-state index contributed by atoms with van der Waals surface area (Å²) in [5.41, 5.74) is 1.38. The molecule has 0 bridgehead atoms. The molecule has 34 heavy (non-hydrogen) atoms. The maximum Gasteiger partial charge on any atom is 0.111 e. The van der Waals surface area contributed by atoms with Crippen LogP contribution in [0.3, 0.4) is 0 Å². The van der Waals surface area contributed by atoms with Crippen molar-refractivity contribution in [3.63, 3.8) is 0 Å². The Morgan fingerprint density at radius 2 is 1.68 bits per heavy atom. The molecule has 194 valence electrons. The van der Waals surface area contributed by atoms with Gasteiger partial charge in [0.2, 0.25) is 0 Å². The van der Waals surface area contributed by atoms with Crippen molar-refractivity contribution in [1.29, 1.82) is 0 Å². The summed E-state index contributed by atoms with van der Waals surface area (Å²) in [5, 5.41) is 32.1. The highest BCUT2D eigenvalue weighted by Crippen LogP contribution is 2.73. The molecule has 4 aliphatic carbocycles. The average molecular weight is 475 g/mol. The quantitative estimate of drug-likeness (QED) is 0.463. The molecule has 4 nitrogen and oxygen atoms in total. The predicted octanol–water partition coefficient (Wildman–Crippen LogP) is 5.49. The molecule has 10 atom stereocenters. The normalized spacial score (nSPS) is 52.9. The van der Waals surface area contributed by atoms with E-state index in [-0.39, 0.29) is 27.8 Å². The van der Waals surface area contributed by atoms with Gasteiger partial charge in [0, 0.05) is 0 Å². The number of allylic oxidation sites excluding steroid dienone is 2. The maximum atomic E-state index is 10.9. The highest BCUT2D eigenvalue weighted by molar-refractivity contribution is 5.33. The van der Waals surface area contributed by atoms with E-state index >= 15 is 0 Å². The van der Waals surface area contributed by atoms with E-state index < -0.39 is 17.8 Å². The van der Waals surface area contributed by atoms with E-state index in [2.05, 4.69) is 40.7 Å². The van der Waals surface area contributed by atoms with E-state index in [1.165, 1.54) is 25.7 Å². The third-order valence-electron chi connectivity index (χ3n) is 12.5. The Hall–Kier alpha value is -0.420. The summed E-state index contributed by atoms with van der Waals surface area (Å²) in [5.74, 6) is 2.08. The first-order chi connectivity index (χ1) is 15.7. The van der Waals surface area contributed by atoms with Crippen LogP contribution >= 0.6 is 0 Å². The molecule has 0 aromatic carbocycles. The molecule has 0 aromatic rings. The lowest BCUT2D eigenvalue weighted by Gasteiger charge is -2.64. The van der Waals surface area contributed by atoms with Crippen LogP contribution in [-0.2, 0) is 4.74 Å². The van der Waals surface area contributed by atoms with Crippen LogP contribution in [0.15, 0.2) is 11.6 Å². The zero-order valence-electron chi connectivity index (χ0n) is 22.7. The molecule has 1 saturated heterocycles. The molecule has 0 unspecified atom stereocenters. The van der Waals surface area contributed by atoms with Gasteiger partial charge >= 0.3 is 0 Å². The molecule has 1 aliphatic heterocycles. The molecule has 5 aliphatic rings. The molecule has 4 fully saturated rings. The van der Waals surface area contributed by atoms with Crippen molar-refractivity contribution in [1.82, 2.24) is 0 Å². The Kier molecular flexibility index (Phi) is 5.78. The molecule has 0 aromatic heterocycles. The van der Waals surface area contributed by atoms with Crippen molar-refractivity contribution in [2.75, 3.05) is 6.61 Å². The van der Waals surface area contributed by atoms with Crippen molar-refractivity contribution in [3.05, 3.63) is 11.6 Å². The van der Waals surface area contributed by atoms with Crippen LogP contribution in [0.25, 0.3) is 0 Å². The van der Waals surface area contributed by atoms with Gasteiger partial charge in [-0.15, -0.1) is 0 Å². The fraction of sp³-hybridized carbons (Fsp3) is 0.933. The van der Waals surface area contributed by atoms with Crippen molar-refractivity contribution >= 4 is 0 Å². The van der Waals surface area contributed by atoms with Gasteiger partial charge in [-0.1, -0.05) is 46.3 Å². The second-order valence-electron chi connectivity index (χ2n) is 14.8. The van der Waals surface area contributed by atoms with E-state index in [4.69, 9.17) is 4.74 Å². The van der Waals surface area contributed by atoms with Gasteiger partial charge in [0.05, 0.1) is 24.4 Å². The number of ether oxygens (including phenoxy) is 1. The highest BCUT2D eigenvalue weighted by Gasteiger charge is 2.65. The van der Waals surface area contributed by atoms with Crippen molar-refractivity contribution < 1.29 is 20.1 Å². The lowest BCUT2D eigenvalue weighted by atomic mass is 9.41. The first kappa shape index (κ1) is 25.2. The summed E-state index contributed by atoms with van der Waals surface area (Å²) in [6.45, 7) is 16.4. The fourth-order valence-electron chi connectivity index (χ4n) is 10.3. The van der Waals surface area contributed by atoms with Gasteiger partial charge in [-0.3, -0.25) is 0 Å². The minimum Gasteiger partial charge on any atom is -0.393 e. The van der Waals surface area contributed by atoms with E-state index in [1.54, 1.807) is 19.4 Å². The maximum absolute atomic E-state index is 10.9. The monoisotopic (exact) mass is 474 g/mol. The number of aliphatic hydroxyl groups excluding tert-OH is 2. The van der Waals surface area contributed by atoms with Gasteiger partial charge in [-0.25, -0.2) is 0 Å². The van der Waals surface area contributed by atoms with Gasteiger partial charge < -0.3 is 20.1 Å². The second kappa shape index (κ2) is 7.79. The third kappa shape index (κ3) is 3.30. The largest absolute Gasteiger partial charge is 0.393 e. The summed E-state index contributed by atoms with van der Waals surface area (Å²) in [6, 6.07) is 0. The minimum absolute atomic E-state index is 0.0263. The second-order valence-corrected chi connectivity index (χ2v) is 14.8. The summed E-state index contributed by atoms with van der Waals surface area (Å²) >= 11 is 0. The summed E-state index contributed by atoms with van der Waals surface area (Å²) in [7, 11) is 0. The SMILES string of the molecule is CC(C)(O)[C@H]1OC[C@H]([C@@H]2CC[C@]3(C)C4=CC[C@H]5C(C)(C)[C@H](O)CC[C@]5(C)[C@H]4CC[C@@]23C)C[C@H]1O. The predicted molar refractivity (Wildman–Crippen MR) is 135 cm³/mol. The van der Waals surface area contributed by atoms with Crippen LogP contribution in [0.2, 0.25) is 0 Å². The van der Waals surface area contributed by atoms with Crippen LogP contribution in [0.4, 0.5) is 0 Å². The Labute approximate surface area is 207 Å². The van der Waals surface area contributed by atoms with Crippen molar-refractivity contribution in [2.45, 2.75) is 124 Å². The number of rotatable bonds is 2. The number of hydrogen-bond acceptors (Lipinski definition) is 4. The van der Waals surface area contributed by atoms with Crippen LogP contribution in [0, 0.1) is 45.3 Å². The smallest absolute Gasteiger partial charge is 0.111 e. The summed E-state index contributed by atoms with van der Waals surface area (Å²) in [6.07, 6.45) is 10.2. The number of fused-ring (bicyclic) bond motifs is 5.